The lowest BCUT2D eigenvalue weighted by atomic mass is 9.96. The second-order valence-electron chi connectivity index (χ2n) is 2.95. The van der Waals surface area contributed by atoms with Crippen LogP contribution in [0.1, 0.15) is 13.8 Å². The van der Waals surface area contributed by atoms with Crippen molar-refractivity contribution in [2.45, 2.75) is 13.8 Å². The normalized spacial score (nSPS) is 10.5. The van der Waals surface area contributed by atoms with E-state index in [9.17, 15) is 9.59 Å². The van der Waals surface area contributed by atoms with Gasteiger partial charge in [-0.3, -0.25) is 0 Å². The Bertz CT molecular complexity index is 154. The van der Waals surface area contributed by atoms with Crippen LogP contribution in [0, 0.1) is 5.41 Å². The van der Waals surface area contributed by atoms with Crippen molar-refractivity contribution in [2.75, 3.05) is 13.7 Å². The molecule has 1 N–H and O–H groups in total. The van der Waals surface area contributed by atoms with Gasteiger partial charge in [0.2, 0.25) is 0 Å². The summed E-state index contributed by atoms with van der Waals surface area (Å²) in [6, 6.07) is 0. The summed E-state index contributed by atoms with van der Waals surface area (Å²) in [5.41, 5.74) is -0.520. The molecule has 64 valence electrons. The molecule has 0 aliphatic carbocycles. The van der Waals surface area contributed by atoms with Gasteiger partial charge in [0.25, 0.3) is 0 Å². The van der Waals surface area contributed by atoms with E-state index in [0.717, 1.165) is 6.29 Å². The highest BCUT2D eigenvalue weighted by Crippen LogP contribution is 2.07. The minimum absolute atomic E-state index is 0.295. The molecular formula is C7H13NO3. The van der Waals surface area contributed by atoms with E-state index < -0.39 is 11.5 Å². The molecule has 11 heavy (non-hydrogen) atoms. The van der Waals surface area contributed by atoms with E-state index in [0.29, 0.717) is 6.54 Å². The molecule has 0 aromatic rings. The van der Waals surface area contributed by atoms with Gasteiger partial charge in [-0.2, -0.15) is 0 Å². The number of carbonyl (C=O) groups excluding carboxylic acids is 2. The SMILES string of the molecule is COC(=O)NCC(C)(C)C=O. The molecule has 0 aromatic carbocycles. The number of alkyl carbamates (subject to hydrolysis) is 1. The molecule has 0 unspecified atom stereocenters. The fourth-order valence-electron chi connectivity index (χ4n) is 0.414. The average Bonchev–Trinajstić information content (AvgIpc) is 2.00. The summed E-state index contributed by atoms with van der Waals surface area (Å²) >= 11 is 0. The van der Waals surface area contributed by atoms with E-state index >= 15 is 0 Å². The molecule has 0 heterocycles. The fraction of sp³-hybridized carbons (Fsp3) is 0.714. The molecular weight excluding hydrogens is 146 g/mol. The number of rotatable bonds is 3. The molecule has 0 aromatic heterocycles. The van der Waals surface area contributed by atoms with Crippen LogP contribution in [-0.4, -0.2) is 26.0 Å². The lowest BCUT2D eigenvalue weighted by Gasteiger charge is -2.16. The number of nitrogens with one attached hydrogen (secondary N) is 1. The van der Waals surface area contributed by atoms with Crippen molar-refractivity contribution in [1.29, 1.82) is 0 Å². The Balaban J connectivity index is 3.69. The molecule has 0 saturated carbocycles. The van der Waals surface area contributed by atoms with Crippen molar-refractivity contribution in [1.82, 2.24) is 5.32 Å². The third-order valence-electron chi connectivity index (χ3n) is 1.19. The average molecular weight is 159 g/mol. The Kier molecular flexibility index (Phi) is 3.57. The van der Waals surface area contributed by atoms with E-state index in [1.54, 1.807) is 13.8 Å². The lowest BCUT2D eigenvalue weighted by Crippen LogP contribution is -2.34. The Morgan fingerprint density at radius 3 is 2.55 bits per heavy atom. The van der Waals surface area contributed by atoms with Gasteiger partial charge in [-0.05, 0) is 0 Å². The van der Waals surface area contributed by atoms with E-state index in [4.69, 9.17) is 0 Å². The third-order valence-corrected chi connectivity index (χ3v) is 1.19. The molecule has 1 amide bonds. The molecule has 0 radical (unpaired) electrons. The molecule has 0 bridgehead atoms. The summed E-state index contributed by atoms with van der Waals surface area (Å²) in [6.45, 7) is 3.76. The number of hydrogen-bond donors (Lipinski definition) is 1. The summed E-state index contributed by atoms with van der Waals surface area (Å²) in [4.78, 5) is 20.9. The summed E-state index contributed by atoms with van der Waals surface area (Å²) in [5.74, 6) is 0. The van der Waals surface area contributed by atoms with Crippen LogP contribution in [0.15, 0.2) is 0 Å². The first-order chi connectivity index (χ1) is 5.02. The van der Waals surface area contributed by atoms with E-state index in [2.05, 4.69) is 10.1 Å². The second kappa shape index (κ2) is 3.95. The molecule has 4 heteroatoms. The Morgan fingerprint density at radius 2 is 2.18 bits per heavy atom. The van der Waals surface area contributed by atoms with Crippen molar-refractivity contribution in [2.24, 2.45) is 5.41 Å². The molecule has 0 spiro atoms. The maximum atomic E-state index is 10.5. The first kappa shape index (κ1) is 9.94. The first-order valence-electron chi connectivity index (χ1n) is 3.30. The van der Waals surface area contributed by atoms with Crippen molar-refractivity contribution < 1.29 is 14.3 Å². The zero-order valence-electron chi connectivity index (χ0n) is 7.01. The van der Waals surface area contributed by atoms with Gasteiger partial charge in [0.15, 0.2) is 0 Å². The van der Waals surface area contributed by atoms with Crippen molar-refractivity contribution >= 4 is 12.4 Å². The smallest absolute Gasteiger partial charge is 0.406 e. The number of amides is 1. The van der Waals surface area contributed by atoms with Crippen LogP contribution >= 0.6 is 0 Å². The van der Waals surface area contributed by atoms with Gasteiger partial charge in [-0.25, -0.2) is 4.79 Å². The van der Waals surface area contributed by atoms with Gasteiger partial charge in [-0.1, -0.05) is 13.8 Å². The minimum Gasteiger partial charge on any atom is -0.453 e. The van der Waals surface area contributed by atoms with Crippen molar-refractivity contribution in [3.63, 3.8) is 0 Å². The van der Waals surface area contributed by atoms with Crippen LogP contribution in [0.4, 0.5) is 4.79 Å². The lowest BCUT2D eigenvalue weighted by molar-refractivity contribution is -0.114. The summed E-state index contributed by atoms with van der Waals surface area (Å²) < 4.78 is 4.32. The molecule has 0 rings (SSSR count). The first-order valence-corrected chi connectivity index (χ1v) is 3.30. The third kappa shape index (κ3) is 4.36. The van der Waals surface area contributed by atoms with Crippen LogP contribution < -0.4 is 5.32 Å². The fourth-order valence-corrected chi connectivity index (χ4v) is 0.414. The van der Waals surface area contributed by atoms with Gasteiger partial charge in [0.05, 0.1) is 7.11 Å². The van der Waals surface area contributed by atoms with E-state index in [1.807, 2.05) is 0 Å². The summed E-state index contributed by atoms with van der Waals surface area (Å²) in [5, 5.41) is 2.43. The molecule has 0 saturated heterocycles. The highest BCUT2D eigenvalue weighted by molar-refractivity contribution is 5.68. The topological polar surface area (TPSA) is 55.4 Å². The van der Waals surface area contributed by atoms with Gasteiger partial charge >= 0.3 is 6.09 Å². The monoisotopic (exact) mass is 159 g/mol. The molecule has 0 aliphatic rings. The predicted molar refractivity (Wildman–Crippen MR) is 40.3 cm³/mol. The minimum atomic E-state index is -0.520. The summed E-state index contributed by atoms with van der Waals surface area (Å²) in [7, 11) is 1.28. The zero-order valence-corrected chi connectivity index (χ0v) is 7.01. The van der Waals surface area contributed by atoms with Crippen LogP contribution in [-0.2, 0) is 9.53 Å². The maximum Gasteiger partial charge on any atom is 0.406 e. The van der Waals surface area contributed by atoms with Gasteiger partial charge in [0, 0.05) is 12.0 Å². The molecule has 0 aliphatic heterocycles. The number of aldehydes is 1. The van der Waals surface area contributed by atoms with Crippen LogP contribution in [0.3, 0.4) is 0 Å². The van der Waals surface area contributed by atoms with E-state index in [-0.39, 0.29) is 0 Å². The number of hydrogen-bond acceptors (Lipinski definition) is 3. The Hall–Kier alpha value is -1.06. The van der Waals surface area contributed by atoms with Gasteiger partial charge < -0.3 is 14.8 Å². The van der Waals surface area contributed by atoms with Gasteiger partial charge in [0.1, 0.15) is 6.29 Å². The largest absolute Gasteiger partial charge is 0.453 e. The van der Waals surface area contributed by atoms with Crippen LogP contribution in [0.5, 0.6) is 0 Å². The maximum absolute atomic E-state index is 10.5. The number of ether oxygens (including phenoxy) is 1. The van der Waals surface area contributed by atoms with Gasteiger partial charge in [-0.15, -0.1) is 0 Å². The molecule has 0 fully saturated rings. The van der Waals surface area contributed by atoms with Crippen molar-refractivity contribution in [3.05, 3.63) is 0 Å². The number of carbonyl (C=O) groups is 2. The Morgan fingerprint density at radius 1 is 1.64 bits per heavy atom. The number of methoxy groups -OCH3 is 1. The zero-order chi connectivity index (χ0) is 8.91. The molecule has 4 nitrogen and oxygen atoms in total. The van der Waals surface area contributed by atoms with Crippen molar-refractivity contribution in [3.8, 4) is 0 Å². The van der Waals surface area contributed by atoms with Crippen LogP contribution in [0.25, 0.3) is 0 Å². The highest BCUT2D eigenvalue weighted by atomic mass is 16.5. The quantitative estimate of drug-likeness (QED) is 0.612. The highest BCUT2D eigenvalue weighted by Gasteiger charge is 2.17. The predicted octanol–water partition coefficient (Wildman–Crippen LogP) is 0.567. The van der Waals surface area contributed by atoms with Crippen LogP contribution in [0.2, 0.25) is 0 Å². The second-order valence-corrected chi connectivity index (χ2v) is 2.95. The standard InChI is InChI=1S/C7H13NO3/c1-7(2,5-9)4-8-6(10)11-3/h5H,4H2,1-3H3,(H,8,10). The molecule has 0 atom stereocenters. The van der Waals surface area contributed by atoms with E-state index in [1.165, 1.54) is 7.11 Å². The Labute approximate surface area is 65.9 Å². The summed E-state index contributed by atoms with van der Waals surface area (Å²) in [6.07, 6.45) is 0.281.